The SMILES string of the molecule is CC(=O)O[C@@H](C(=O)Nc1ccc(-c2noc(=O)[nH]2)cc1)[C@H]1OCCN(c2cc(F)cc(C(=O)N3CCC3)c2)C1=O. The van der Waals surface area contributed by atoms with E-state index in [1.54, 1.807) is 17.0 Å². The molecule has 2 atom stereocenters. The van der Waals surface area contributed by atoms with Gasteiger partial charge in [0.1, 0.15) is 5.82 Å². The topological polar surface area (TPSA) is 164 Å². The Balaban J connectivity index is 1.35. The molecule has 0 saturated carbocycles. The van der Waals surface area contributed by atoms with E-state index in [9.17, 15) is 28.4 Å². The number of hydrogen-bond acceptors (Lipinski definition) is 9. The van der Waals surface area contributed by atoms with Crippen molar-refractivity contribution in [1.29, 1.82) is 0 Å². The van der Waals surface area contributed by atoms with Gasteiger partial charge in [0.25, 0.3) is 17.7 Å². The molecule has 0 aliphatic carbocycles. The number of aromatic nitrogens is 2. The van der Waals surface area contributed by atoms with Crippen LogP contribution >= 0.6 is 0 Å². The van der Waals surface area contributed by atoms with Crippen LogP contribution in [-0.2, 0) is 23.9 Å². The minimum Gasteiger partial charge on any atom is -0.449 e. The number of likely N-dealkylation sites (tertiary alicyclic amines) is 1. The molecule has 5 rings (SSSR count). The van der Waals surface area contributed by atoms with Crippen LogP contribution in [0.3, 0.4) is 0 Å². The summed E-state index contributed by atoms with van der Waals surface area (Å²) < 4.78 is 29.7. The molecule has 13 nitrogen and oxygen atoms in total. The van der Waals surface area contributed by atoms with Crippen LogP contribution in [0.4, 0.5) is 15.8 Å². The highest BCUT2D eigenvalue weighted by atomic mass is 19.1. The number of rotatable bonds is 7. The number of anilines is 2. The van der Waals surface area contributed by atoms with Crippen molar-refractivity contribution in [3.8, 4) is 11.4 Å². The average Bonchev–Trinajstić information content (AvgIpc) is 3.32. The molecule has 0 radical (unpaired) electrons. The summed E-state index contributed by atoms with van der Waals surface area (Å²) in [5.74, 6) is -4.00. The number of carbonyl (C=O) groups excluding carboxylic acids is 4. The van der Waals surface area contributed by atoms with Gasteiger partial charge in [-0.3, -0.25) is 28.7 Å². The van der Waals surface area contributed by atoms with Gasteiger partial charge < -0.3 is 24.6 Å². The normalized spacial score (nSPS) is 17.6. The number of morpholine rings is 1. The van der Waals surface area contributed by atoms with Crippen molar-refractivity contribution < 1.29 is 37.6 Å². The zero-order chi connectivity index (χ0) is 28.4. The molecule has 1 aromatic heterocycles. The molecular weight excluding hydrogens is 529 g/mol. The van der Waals surface area contributed by atoms with Gasteiger partial charge in [0, 0.05) is 49.1 Å². The summed E-state index contributed by atoms with van der Waals surface area (Å²) in [5.41, 5.74) is 1.00. The Morgan fingerprint density at radius 2 is 1.88 bits per heavy atom. The number of H-pyrrole nitrogens is 1. The summed E-state index contributed by atoms with van der Waals surface area (Å²) in [7, 11) is 0. The molecule has 2 aliphatic rings. The zero-order valence-electron chi connectivity index (χ0n) is 21.2. The van der Waals surface area contributed by atoms with Crippen molar-refractivity contribution in [2.75, 3.05) is 36.5 Å². The van der Waals surface area contributed by atoms with Crippen LogP contribution in [0.2, 0.25) is 0 Å². The monoisotopic (exact) mass is 553 g/mol. The lowest BCUT2D eigenvalue weighted by Gasteiger charge is -2.35. The predicted molar refractivity (Wildman–Crippen MR) is 136 cm³/mol. The third-order valence-electron chi connectivity index (χ3n) is 6.40. The fourth-order valence-electron chi connectivity index (χ4n) is 4.35. The van der Waals surface area contributed by atoms with Gasteiger partial charge in [-0.2, -0.15) is 0 Å². The number of amides is 3. The number of esters is 1. The van der Waals surface area contributed by atoms with Gasteiger partial charge in [0.2, 0.25) is 6.10 Å². The summed E-state index contributed by atoms with van der Waals surface area (Å²) in [5, 5.41) is 6.15. The highest BCUT2D eigenvalue weighted by Crippen LogP contribution is 2.26. The summed E-state index contributed by atoms with van der Waals surface area (Å²) in [6.07, 6.45) is -2.34. The first-order valence-corrected chi connectivity index (χ1v) is 12.4. The van der Waals surface area contributed by atoms with Crippen LogP contribution < -0.4 is 16.0 Å². The van der Waals surface area contributed by atoms with E-state index in [0.717, 1.165) is 25.5 Å². The van der Waals surface area contributed by atoms with Crippen molar-refractivity contribution in [2.45, 2.75) is 25.6 Å². The first-order valence-electron chi connectivity index (χ1n) is 12.4. The molecule has 2 N–H and O–H groups in total. The number of carbonyl (C=O) groups is 4. The zero-order valence-corrected chi connectivity index (χ0v) is 21.2. The van der Waals surface area contributed by atoms with E-state index >= 15 is 0 Å². The van der Waals surface area contributed by atoms with Crippen molar-refractivity contribution in [1.82, 2.24) is 15.0 Å². The smallest absolute Gasteiger partial charge is 0.439 e. The maximum atomic E-state index is 14.5. The molecule has 2 saturated heterocycles. The maximum absolute atomic E-state index is 14.5. The van der Waals surface area contributed by atoms with Crippen LogP contribution in [0.25, 0.3) is 11.4 Å². The van der Waals surface area contributed by atoms with Crippen LogP contribution in [0.15, 0.2) is 51.8 Å². The number of hydrogen-bond donors (Lipinski definition) is 2. The fourth-order valence-corrected chi connectivity index (χ4v) is 4.35. The Kier molecular flexibility index (Phi) is 7.42. The molecule has 2 aliphatic heterocycles. The second kappa shape index (κ2) is 11.1. The summed E-state index contributed by atoms with van der Waals surface area (Å²) in [6, 6.07) is 9.74. The molecule has 3 aromatic rings. The van der Waals surface area contributed by atoms with Gasteiger partial charge in [-0.05, 0) is 48.9 Å². The molecule has 2 fully saturated rings. The molecule has 0 spiro atoms. The van der Waals surface area contributed by atoms with Gasteiger partial charge in [-0.25, -0.2) is 9.18 Å². The van der Waals surface area contributed by atoms with Crippen molar-refractivity contribution in [2.24, 2.45) is 0 Å². The Morgan fingerprint density at radius 3 is 2.50 bits per heavy atom. The number of halogens is 1. The maximum Gasteiger partial charge on any atom is 0.439 e. The van der Waals surface area contributed by atoms with Gasteiger partial charge in [0.15, 0.2) is 11.9 Å². The Hall–Kier alpha value is -4.85. The van der Waals surface area contributed by atoms with E-state index in [1.807, 2.05) is 0 Å². The molecule has 2 aromatic carbocycles. The van der Waals surface area contributed by atoms with E-state index < -0.39 is 41.6 Å². The van der Waals surface area contributed by atoms with Crippen LogP contribution in [-0.4, -0.2) is 77.2 Å². The minimum atomic E-state index is -1.67. The molecule has 40 heavy (non-hydrogen) atoms. The minimum absolute atomic E-state index is 0.0240. The first-order chi connectivity index (χ1) is 19.2. The highest BCUT2D eigenvalue weighted by Gasteiger charge is 2.43. The molecule has 3 heterocycles. The lowest BCUT2D eigenvalue weighted by molar-refractivity contribution is -0.167. The molecule has 3 amide bonds. The third-order valence-corrected chi connectivity index (χ3v) is 6.40. The summed E-state index contributed by atoms with van der Waals surface area (Å²) in [4.78, 5) is 67.5. The Bertz CT molecular complexity index is 1510. The Labute approximate surface area is 225 Å². The van der Waals surface area contributed by atoms with Gasteiger partial charge in [-0.1, -0.05) is 5.16 Å². The summed E-state index contributed by atoms with van der Waals surface area (Å²) in [6.45, 7) is 2.21. The van der Waals surface area contributed by atoms with Gasteiger partial charge in [-0.15, -0.1) is 0 Å². The van der Waals surface area contributed by atoms with E-state index in [2.05, 4.69) is 20.0 Å². The fraction of sp³-hybridized carbons (Fsp3) is 0.308. The third kappa shape index (κ3) is 5.61. The number of ether oxygens (including phenoxy) is 2. The number of nitrogens with one attached hydrogen (secondary N) is 2. The first kappa shape index (κ1) is 26.7. The number of aromatic amines is 1. The van der Waals surface area contributed by atoms with Crippen LogP contribution in [0, 0.1) is 5.82 Å². The lowest BCUT2D eigenvalue weighted by Crippen LogP contribution is -2.56. The quantitative estimate of drug-likeness (QED) is 0.411. The van der Waals surface area contributed by atoms with Crippen LogP contribution in [0.5, 0.6) is 0 Å². The van der Waals surface area contributed by atoms with Crippen LogP contribution in [0.1, 0.15) is 23.7 Å². The second-order valence-electron chi connectivity index (χ2n) is 9.17. The standard InChI is InChI=1S/C26H24FN5O8/c1-14(33)39-20(23(34)28-18-5-3-15(4-6-18)22-29-26(37)40-30-22)21-25(36)32(9-10-38-21)19-12-16(11-17(27)13-19)24(35)31-7-2-8-31/h3-6,11-13,20-21H,2,7-10H2,1H3,(H,28,34)(H,29,30,37)/t20-,21-/m1/s1. The number of nitrogens with zero attached hydrogens (tertiary/aromatic N) is 3. The molecule has 0 unspecified atom stereocenters. The lowest BCUT2D eigenvalue weighted by atomic mass is 10.1. The summed E-state index contributed by atoms with van der Waals surface area (Å²) >= 11 is 0. The molecule has 14 heteroatoms. The largest absolute Gasteiger partial charge is 0.449 e. The predicted octanol–water partition coefficient (Wildman–Crippen LogP) is 1.32. The Morgan fingerprint density at radius 1 is 1.12 bits per heavy atom. The van der Waals surface area contributed by atoms with E-state index in [0.29, 0.717) is 18.7 Å². The van der Waals surface area contributed by atoms with E-state index in [-0.39, 0.29) is 41.8 Å². The number of benzene rings is 2. The van der Waals surface area contributed by atoms with E-state index in [1.165, 1.54) is 23.1 Å². The second-order valence-corrected chi connectivity index (χ2v) is 9.17. The van der Waals surface area contributed by atoms with Crippen molar-refractivity contribution in [3.63, 3.8) is 0 Å². The average molecular weight is 554 g/mol. The molecule has 0 bridgehead atoms. The highest BCUT2D eigenvalue weighted by molar-refractivity contribution is 6.05. The van der Waals surface area contributed by atoms with Gasteiger partial charge in [0.05, 0.1) is 6.61 Å². The van der Waals surface area contributed by atoms with Crippen molar-refractivity contribution >= 4 is 35.1 Å². The molecule has 208 valence electrons. The molecular formula is C26H24FN5O8. The van der Waals surface area contributed by atoms with Gasteiger partial charge >= 0.3 is 11.7 Å². The van der Waals surface area contributed by atoms with E-state index in [4.69, 9.17) is 9.47 Å². The van der Waals surface area contributed by atoms with Crippen molar-refractivity contribution in [3.05, 3.63) is 64.4 Å².